The predicted molar refractivity (Wildman–Crippen MR) is 82.0 cm³/mol. The quantitative estimate of drug-likeness (QED) is 0.834. The number of hydrogen-bond acceptors (Lipinski definition) is 3. The van der Waals surface area contributed by atoms with E-state index in [4.69, 9.17) is 23.2 Å². The maximum Gasteiger partial charge on any atom is 0.266 e. The second kappa shape index (κ2) is 5.77. The highest BCUT2D eigenvalue weighted by Gasteiger charge is 2.17. The van der Waals surface area contributed by atoms with Gasteiger partial charge >= 0.3 is 0 Å². The topological polar surface area (TPSA) is 79.0 Å². The summed E-state index contributed by atoms with van der Waals surface area (Å²) in [4.78, 5) is 13.2. The molecular weight excluding hydrogens is 391 g/mol. The van der Waals surface area contributed by atoms with Crippen molar-refractivity contribution in [3.63, 3.8) is 0 Å². The fraction of sp³-hybridized carbons (Fsp3) is 0. The largest absolute Gasteiger partial charge is 0.326 e. The fourth-order valence-corrected chi connectivity index (χ4v) is 3.25. The van der Waals surface area contributed by atoms with E-state index in [9.17, 15) is 13.2 Å². The van der Waals surface area contributed by atoms with E-state index < -0.39 is 15.6 Å². The Bertz CT molecular complexity index is 821. The Kier molecular flexibility index (Phi) is 4.43. The standard InChI is InChI=1S/C11H7BrCl2N2O3S/c12-6-1-2-8(13)10(3-6)16-20(18,19)7-4-9(14)11(17)15-5-7/h1-5,16H,(H,15,17). The van der Waals surface area contributed by atoms with Crippen LogP contribution in [0.1, 0.15) is 0 Å². The molecule has 0 aliphatic heterocycles. The highest BCUT2D eigenvalue weighted by molar-refractivity contribution is 9.10. The summed E-state index contributed by atoms with van der Waals surface area (Å²) in [7, 11) is -3.90. The molecule has 106 valence electrons. The minimum Gasteiger partial charge on any atom is -0.326 e. The van der Waals surface area contributed by atoms with Crippen LogP contribution in [0.25, 0.3) is 0 Å². The van der Waals surface area contributed by atoms with Crippen LogP contribution in [0.2, 0.25) is 10.0 Å². The molecule has 1 heterocycles. The highest BCUT2D eigenvalue weighted by atomic mass is 79.9. The SMILES string of the molecule is O=c1[nH]cc(S(=O)(=O)Nc2cc(Br)ccc2Cl)cc1Cl. The van der Waals surface area contributed by atoms with Crippen molar-refractivity contribution in [1.29, 1.82) is 0 Å². The van der Waals surface area contributed by atoms with Gasteiger partial charge in [-0.3, -0.25) is 9.52 Å². The van der Waals surface area contributed by atoms with E-state index >= 15 is 0 Å². The second-order valence-corrected chi connectivity index (χ2v) is 7.15. The van der Waals surface area contributed by atoms with Gasteiger partial charge in [0.2, 0.25) is 0 Å². The van der Waals surface area contributed by atoms with Crippen molar-refractivity contribution in [1.82, 2.24) is 4.98 Å². The molecule has 1 aromatic heterocycles. The number of aromatic nitrogens is 1. The van der Waals surface area contributed by atoms with Gasteiger partial charge in [-0.2, -0.15) is 0 Å². The highest BCUT2D eigenvalue weighted by Crippen LogP contribution is 2.27. The molecule has 0 amide bonds. The molecule has 2 rings (SSSR count). The minimum atomic E-state index is -3.90. The van der Waals surface area contributed by atoms with Crippen LogP contribution < -0.4 is 10.3 Å². The smallest absolute Gasteiger partial charge is 0.266 e. The fourth-order valence-electron chi connectivity index (χ4n) is 1.37. The van der Waals surface area contributed by atoms with Crippen molar-refractivity contribution in [3.8, 4) is 0 Å². The van der Waals surface area contributed by atoms with Gasteiger partial charge in [0.15, 0.2) is 0 Å². The van der Waals surface area contributed by atoms with Crippen molar-refractivity contribution in [2.45, 2.75) is 4.90 Å². The molecule has 0 aliphatic carbocycles. The lowest BCUT2D eigenvalue weighted by atomic mass is 10.3. The molecule has 0 unspecified atom stereocenters. The molecule has 0 radical (unpaired) electrons. The van der Waals surface area contributed by atoms with Crippen LogP contribution in [-0.4, -0.2) is 13.4 Å². The number of benzene rings is 1. The molecule has 0 atom stereocenters. The molecular formula is C11H7BrCl2N2O3S. The monoisotopic (exact) mass is 396 g/mol. The van der Waals surface area contributed by atoms with Crippen LogP contribution in [0.5, 0.6) is 0 Å². The lowest BCUT2D eigenvalue weighted by Crippen LogP contribution is -2.16. The summed E-state index contributed by atoms with van der Waals surface area (Å²) < 4.78 is 27.3. The van der Waals surface area contributed by atoms with Crippen LogP contribution in [0.15, 0.2) is 44.6 Å². The Morgan fingerprint density at radius 3 is 2.50 bits per heavy atom. The summed E-state index contributed by atoms with van der Waals surface area (Å²) >= 11 is 14.7. The second-order valence-electron chi connectivity index (χ2n) is 3.74. The van der Waals surface area contributed by atoms with Crippen molar-refractivity contribution in [2.75, 3.05) is 4.72 Å². The normalized spacial score (nSPS) is 11.3. The Morgan fingerprint density at radius 1 is 1.15 bits per heavy atom. The van der Waals surface area contributed by atoms with Gasteiger partial charge in [0.05, 0.1) is 10.7 Å². The van der Waals surface area contributed by atoms with Crippen LogP contribution in [0, 0.1) is 0 Å². The number of sulfonamides is 1. The number of rotatable bonds is 3. The molecule has 1 aromatic carbocycles. The van der Waals surface area contributed by atoms with Gasteiger partial charge < -0.3 is 4.98 Å². The first-order valence-corrected chi connectivity index (χ1v) is 8.19. The Labute approximate surface area is 133 Å². The van der Waals surface area contributed by atoms with Gasteiger partial charge in [0, 0.05) is 10.7 Å². The van der Waals surface area contributed by atoms with Gasteiger partial charge in [-0.05, 0) is 24.3 Å². The molecule has 0 bridgehead atoms. The average Bonchev–Trinajstić information content (AvgIpc) is 2.36. The van der Waals surface area contributed by atoms with E-state index in [0.717, 1.165) is 12.3 Å². The van der Waals surface area contributed by atoms with Crippen molar-refractivity contribution in [3.05, 3.63) is 55.3 Å². The predicted octanol–water partition coefficient (Wildman–Crippen LogP) is 3.25. The zero-order valence-corrected chi connectivity index (χ0v) is 13.6. The van der Waals surface area contributed by atoms with Gasteiger partial charge in [-0.25, -0.2) is 8.42 Å². The number of nitrogens with one attached hydrogen (secondary N) is 2. The average molecular weight is 398 g/mol. The van der Waals surface area contributed by atoms with Gasteiger partial charge in [0.25, 0.3) is 15.6 Å². The van der Waals surface area contributed by atoms with E-state index in [-0.39, 0.29) is 20.6 Å². The first-order chi connectivity index (χ1) is 9.29. The van der Waals surface area contributed by atoms with Gasteiger partial charge in [-0.15, -0.1) is 0 Å². The minimum absolute atomic E-state index is 0.168. The number of halogens is 3. The molecule has 0 saturated carbocycles. The Balaban J connectivity index is 2.43. The lowest BCUT2D eigenvalue weighted by molar-refractivity contribution is 0.600. The van der Waals surface area contributed by atoms with Crippen LogP contribution in [0.3, 0.4) is 0 Å². The molecule has 0 aliphatic rings. The number of aromatic amines is 1. The molecule has 0 saturated heterocycles. The molecule has 2 N–H and O–H groups in total. The van der Waals surface area contributed by atoms with Crippen molar-refractivity contribution >= 4 is 54.8 Å². The Morgan fingerprint density at radius 2 is 1.85 bits per heavy atom. The van der Waals surface area contributed by atoms with E-state index in [1.807, 2.05) is 0 Å². The summed E-state index contributed by atoms with van der Waals surface area (Å²) in [5.41, 5.74) is -0.352. The zero-order chi connectivity index (χ0) is 14.9. The van der Waals surface area contributed by atoms with Gasteiger partial charge in [0.1, 0.15) is 9.92 Å². The van der Waals surface area contributed by atoms with E-state index in [1.165, 1.54) is 6.07 Å². The number of H-pyrrole nitrogens is 1. The number of anilines is 1. The number of pyridine rings is 1. The maximum atomic E-state index is 12.2. The van der Waals surface area contributed by atoms with Crippen LogP contribution in [0.4, 0.5) is 5.69 Å². The molecule has 0 fully saturated rings. The Hall–Kier alpha value is -1.02. The third-order valence-electron chi connectivity index (χ3n) is 2.31. The zero-order valence-electron chi connectivity index (χ0n) is 9.65. The first kappa shape index (κ1) is 15.4. The third kappa shape index (κ3) is 3.35. The number of hydrogen-bond donors (Lipinski definition) is 2. The van der Waals surface area contributed by atoms with Gasteiger partial charge in [-0.1, -0.05) is 39.1 Å². The lowest BCUT2D eigenvalue weighted by Gasteiger charge is -2.10. The maximum absolute atomic E-state index is 12.2. The van der Waals surface area contributed by atoms with E-state index in [1.54, 1.807) is 12.1 Å². The third-order valence-corrected chi connectivity index (χ3v) is 4.76. The molecule has 2 aromatic rings. The van der Waals surface area contributed by atoms with Crippen molar-refractivity contribution < 1.29 is 8.42 Å². The van der Waals surface area contributed by atoms with E-state index in [2.05, 4.69) is 25.6 Å². The molecule has 9 heteroatoms. The molecule has 0 spiro atoms. The van der Waals surface area contributed by atoms with E-state index in [0.29, 0.717) is 4.47 Å². The molecule has 20 heavy (non-hydrogen) atoms. The summed E-state index contributed by atoms with van der Waals surface area (Å²) in [6, 6.07) is 5.81. The molecule has 5 nitrogen and oxygen atoms in total. The summed E-state index contributed by atoms with van der Waals surface area (Å²) in [6.07, 6.45) is 1.06. The van der Waals surface area contributed by atoms with Crippen LogP contribution >= 0.6 is 39.1 Å². The van der Waals surface area contributed by atoms with Crippen molar-refractivity contribution in [2.24, 2.45) is 0 Å². The summed E-state index contributed by atoms with van der Waals surface area (Å²) in [5, 5.41) is 0.0283. The summed E-state index contributed by atoms with van der Waals surface area (Å²) in [6.45, 7) is 0. The summed E-state index contributed by atoms with van der Waals surface area (Å²) in [5.74, 6) is 0. The van der Waals surface area contributed by atoms with Crippen LogP contribution in [-0.2, 0) is 10.0 Å². The first-order valence-electron chi connectivity index (χ1n) is 5.16.